The number of aliphatic hydroxyl groups excluding tert-OH is 1. The van der Waals surface area contributed by atoms with Crippen molar-refractivity contribution in [2.75, 3.05) is 32.0 Å². The zero-order chi connectivity index (χ0) is 47.9. The summed E-state index contributed by atoms with van der Waals surface area (Å²) in [7, 11) is 1.83. The number of hydrogen-bond donors (Lipinski definition) is 4. The molecule has 0 unspecified atom stereocenters. The summed E-state index contributed by atoms with van der Waals surface area (Å²) in [5.74, 6) is -0.880. The quantitative estimate of drug-likeness (QED) is 0.0424. The van der Waals surface area contributed by atoms with Crippen molar-refractivity contribution in [1.29, 1.82) is 0 Å². The minimum atomic E-state index is -0.881. The van der Waals surface area contributed by atoms with Gasteiger partial charge in [0.1, 0.15) is 12.1 Å². The van der Waals surface area contributed by atoms with Crippen LogP contribution in [-0.2, 0) is 25.7 Å². The number of nitrogens with zero attached hydrogens (tertiary/aromatic N) is 3. The minimum Gasteiger partial charge on any atom is -0.391 e. The van der Waals surface area contributed by atoms with Gasteiger partial charge in [-0.2, -0.15) is 0 Å². The van der Waals surface area contributed by atoms with Crippen molar-refractivity contribution >= 4 is 51.8 Å². The van der Waals surface area contributed by atoms with Gasteiger partial charge < -0.3 is 30.9 Å². The monoisotopic (exact) mass is 924 g/mol. The lowest BCUT2D eigenvalue weighted by molar-refractivity contribution is -0.144. The molecule has 354 valence electrons. The van der Waals surface area contributed by atoms with Crippen LogP contribution in [-0.4, -0.2) is 88.4 Å². The molecule has 1 aliphatic heterocycles. The van der Waals surface area contributed by atoms with Crippen LogP contribution in [0.4, 0.5) is 5.69 Å². The van der Waals surface area contributed by atoms with Crippen LogP contribution in [0.25, 0.3) is 21.6 Å². The van der Waals surface area contributed by atoms with E-state index in [9.17, 15) is 24.3 Å². The Hall–Kier alpha value is -6.11. The normalized spacial score (nSPS) is 15.7. The molecule has 1 saturated heterocycles. The number of aliphatic hydroxyl groups is 1. The number of allylic oxidation sites excluding steroid dienone is 1. The third-order valence-corrected chi connectivity index (χ3v) is 13.4. The number of unbranched alkanes of at least 4 members (excludes halogenated alkanes) is 3. The summed E-state index contributed by atoms with van der Waals surface area (Å²) in [6.07, 6.45) is 3.78. The van der Waals surface area contributed by atoms with E-state index in [1.165, 1.54) is 27.2 Å². The number of aryl methyl sites for hydroxylation is 1. The largest absolute Gasteiger partial charge is 0.391 e. The second kappa shape index (κ2) is 24.1. The van der Waals surface area contributed by atoms with Crippen molar-refractivity contribution in [3.05, 3.63) is 143 Å². The fraction of sp³-hybridized carbons (Fsp3) is 0.400. The van der Waals surface area contributed by atoms with E-state index in [0.717, 1.165) is 58.6 Å². The van der Waals surface area contributed by atoms with Crippen LogP contribution in [0.3, 0.4) is 0 Å². The molecule has 5 aromatic rings. The topological polar surface area (TPSA) is 144 Å². The van der Waals surface area contributed by atoms with E-state index in [2.05, 4.69) is 101 Å². The average Bonchev–Trinajstić information content (AvgIpc) is 3.95. The summed E-state index contributed by atoms with van der Waals surface area (Å²) in [5.41, 5.74) is 11.2. The van der Waals surface area contributed by atoms with Gasteiger partial charge in [-0.3, -0.25) is 19.2 Å². The smallest absolute Gasteiger partial charge is 0.246 e. The summed E-state index contributed by atoms with van der Waals surface area (Å²) in [4.78, 5) is 62.3. The molecule has 1 aliphatic rings. The van der Waals surface area contributed by atoms with Crippen LogP contribution in [0.2, 0.25) is 0 Å². The molecule has 11 nitrogen and oxygen atoms in total. The molecule has 0 aliphatic carbocycles. The SMILES string of the molecule is CC/C(=C(\c1ccccc1)c1ccc(NCCN(C)C(=O)CCCCCCC(=O)N[C@H](C(=O)N2C[C@H](O)C[C@H]2C(=O)NCc2ccc(-c3scnc3C)cc2)C(C)(C)C)cc1)c1ccccc1. The summed E-state index contributed by atoms with van der Waals surface area (Å²) in [6.45, 7) is 11.3. The van der Waals surface area contributed by atoms with Gasteiger partial charge in [0.15, 0.2) is 0 Å². The van der Waals surface area contributed by atoms with Gasteiger partial charge in [0, 0.05) is 58.2 Å². The number of thiazole rings is 1. The van der Waals surface area contributed by atoms with Gasteiger partial charge in [0.25, 0.3) is 0 Å². The first-order valence-corrected chi connectivity index (χ1v) is 24.6. The average molecular weight is 925 g/mol. The Morgan fingerprint density at radius 1 is 0.836 bits per heavy atom. The van der Waals surface area contributed by atoms with Gasteiger partial charge in [-0.15, -0.1) is 11.3 Å². The molecule has 12 heteroatoms. The molecule has 3 atom stereocenters. The number of β-amino-alcohol motifs (C(OH)–C–C–N with tert-alkyl or cyclic N) is 1. The van der Waals surface area contributed by atoms with Gasteiger partial charge in [0.05, 0.1) is 22.2 Å². The first-order valence-electron chi connectivity index (χ1n) is 23.7. The number of rotatable bonds is 21. The van der Waals surface area contributed by atoms with Gasteiger partial charge in [-0.05, 0) is 82.7 Å². The van der Waals surface area contributed by atoms with E-state index in [0.29, 0.717) is 25.9 Å². The lowest BCUT2D eigenvalue weighted by Crippen LogP contribution is -2.57. The van der Waals surface area contributed by atoms with E-state index in [-0.39, 0.29) is 49.6 Å². The highest BCUT2D eigenvalue weighted by molar-refractivity contribution is 7.13. The number of aromatic nitrogens is 1. The number of likely N-dealkylation sites (tertiary alicyclic amines) is 1. The zero-order valence-electron chi connectivity index (χ0n) is 40.0. The second-order valence-electron chi connectivity index (χ2n) is 18.6. The predicted molar refractivity (Wildman–Crippen MR) is 271 cm³/mol. The molecular formula is C55H68N6O5S. The highest BCUT2D eigenvalue weighted by Gasteiger charge is 2.44. The second-order valence-corrected chi connectivity index (χ2v) is 19.5. The summed E-state index contributed by atoms with van der Waals surface area (Å²) < 4.78 is 0. The fourth-order valence-corrected chi connectivity index (χ4v) is 9.46. The molecular weight excluding hydrogens is 857 g/mol. The summed E-state index contributed by atoms with van der Waals surface area (Å²) >= 11 is 1.58. The van der Waals surface area contributed by atoms with Crippen molar-refractivity contribution < 1.29 is 24.3 Å². The highest BCUT2D eigenvalue weighted by Crippen LogP contribution is 2.35. The predicted octanol–water partition coefficient (Wildman–Crippen LogP) is 9.51. The third-order valence-electron chi connectivity index (χ3n) is 12.5. The van der Waals surface area contributed by atoms with Crippen LogP contribution in [0.5, 0.6) is 0 Å². The van der Waals surface area contributed by atoms with Crippen molar-refractivity contribution in [3.63, 3.8) is 0 Å². The lowest BCUT2D eigenvalue weighted by Gasteiger charge is -2.35. The van der Waals surface area contributed by atoms with Crippen LogP contribution in [0, 0.1) is 12.3 Å². The van der Waals surface area contributed by atoms with Gasteiger partial charge in [-0.1, -0.05) is 138 Å². The van der Waals surface area contributed by atoms with E-state index < -0.39 is 23.6 Å². The number of hydrogen-bond acceptors (Lipinski definition) is 8. The first kappa shape index (κ1) is 50.3. The number of likely N-dealkylation sites (N-methyl/N-ethyl adjacent to an activating group) is 1. The molecule has 4 amide bonds. The fourth-order valence-electron chi connectivity index (χ4n) is 8.65. The van der Waals surface area contributed by atoms with Crippen molar-refractivity contribution in [1.82, 2.24) is 25.4 Å². The molecule has 67 heavy (non-hydrogen) atoms. The Morgan fingerprint density at radius 3 is 2.07 bits per heavy atom. The van der Waals surface area contributed by atoms with E-state index in [1.807, 2.05) is 76.7 Å². The Labute approximate surface area is 401 Å². The standard InChI is InChI=1S/C55H68N6O5S/c1-7-46(40-18-12-10-13-19-40)50(41-20-14-11-15-21-41)42-28-30-44(31-29-42)56-32-33-60(6)49(64)23-17-9-8-16-22-48(63)59-52(55(3,4)5)54(66)61-36-45(62)34-47(61)53(65)57-35-39-24-26-43(27-25-39)51-38(2)58-37-67-51/h10-15,18-21,24-31,37,45,47,52,56,62H,7-9,16-17,22-23,32-36H2,1-6H3,(H,57,65)(H,59,63)/b50-46-/t45-,47+,52-/m1/s1. The van der Waals surface area contributed by atoms with Crippen LogP contribution < -0.4 is 16.0 Å². The number of carbonyl (C=O) groups is 4. The van der Waals surface area contributed by atoms with Crippen LogP contribution >= 0.6 is 11.3 Å². The zero-order valence-corrected chi connectivity index (χ0v) is 40.8. The first-order chi connectivity index (χ1) is 32.2. The van der Waals surface area contributed by atoms with Gasteiger partial charge in [-0.25, -0.2) is 4.98 Å². The summed E-state index contributed by atoms with van der Waals surface area (Å²) in [6, 6.07) is 35.8. The molecule has 4 N–H and O–H groups in total. The van der Waals surface area contributed by atoms with Crippen LogP contribution in [0.1, 0.15) is 107 Å². The maximum Gasteiger partial charge on any atom is 0.246 e. The Bertz CT molecular complexity index is 2430. The van der Waals surface area contributed by atoms with Crippen molar-refractivity contribution in [3.8, 4) is 10.4 Å². The Morgan fingerprint density at radius 2 is 1.46 bits per heavy atom. The lowest BCUT2D eigenvalue weighted by atomic mass is 9.85. The van der Waals surface area contributed by atoms with Gasteiger partial charge in [0.2, 0.25) is 23.6 Å². The minimum absolute atomic E-state index is 0.0183. The van der Waals surface area contributed by atoms with Gasteiger partial charge >= 0.3 is 0 Å². The molecule has 4 aromatic carbocycles. The maximum atomic E-state index is 14.0. The Kier molecular flexibility index (Phi) is 18.1. The highest BCUT2D eigenvalue weighted by atomic mass is 32.1. The van der Waals surface area contributed by atoms with E-state index >= 15 is 0 Å². The Balaban J connectivity index is 0.900. The summed E-state index contributed by atoms with van der Waals surface area (Å²) in [5, 5.41) is 20.0. The number of anilines is 1. The number of nitrogens with one attached hydrogen (secondary N) is 3. The molecule has 0 saturated carbocycles. The molecule has 0 spiro atoms. The number of carbonyl (C=O) groups excluding carboxylic acids is 4. The van der Waals surface area contributed by atoms with Crippen molar-refractivity contribution in [2.45, 2.75) is 111 Å². The molecule has 0 radical (unpaired) electrons. The third kappa shape index (κ3) is 14.0. The van der Waals surface area contributed by atoms with E-state index in [1.54, 1.807) is 16.2 Å². The maximum absolute atomic E-state index is 14.0. The molecule has 0 bridgehead atoms. The van der Waals surface area contributed by atoms with Crippen molar-refractivity contribution in [2.24, 2.45) is 5.41 Å². The van der Waals surface area contributed by atoms with Crippen LogP contribution in [0.15, 0.2) is 115 Å². The molecule has 2 heterocycles. The molecule has 1 aromatic heterocycles. The number of amides is 4. The van der Waals surface area contributed by atoms with E-state index in [4.69, 9.17) is 0 Å². The molecule has 6 rings (SSSR count). The molecule has 1 fully saturated rings. The number of benzene rings is 4.